The second-order valence-electron chi connectivity index (χ2n) is 4.76. The van der Waals surface area contributed by atoms with Crippen LogP contribution in [0.15, 0.2) is 48.5 Å². The minimum atomic E-state index is -0.516. The number of non-ortho nitro benzene ring substituents is 1. The normalized spacial score (nSPS) is 9.96. The molecule has 0 saturated carbocycles. The summed E-state index contributed by atoms with van der Waals surface area (Å²) in [6, 6.07) is 12.1. The number of ether oxygens (including phenoxy) is 1. The van der Waals surface area contributed by atoms with Gasteiger partial charge in [0.2, 0.25) is 5.91 Å². The van der Waals surface area contributed by atoms with Gasteiger partial charge in [0.15, 0.2) is 0 Å². The number of carbonyl (C=O) groups excluding carboxylic acids is 2. The Kier molecular flexibility index (Phi) is 5.03. The second kappa shape index (κ2) is 7.17. The zero-order valence-corrected chi connectivity index (χ0v) is 12.3. The Bertz CT molecular complexity index is 723. The molecule has 1 N–H and O–H groups in total. The van der Waals surface area contributed by atoms with Crippen LogP contribution in [0.1, 0.15) is 22.8 Å². The van der Waals surface area contributed by atoms with Gasteiger partial charge in [-0.15, -0.1) is 0 Å². The molecule has 0 aliphatic carbocycles. The van der Waals surface area contributed by atoms with E-state index in [-0.39, 0.29) is 18.2 Å². The molecule has 0 aromatic heterocycles. The summed E-state index contributed by atoms with van der Waals surface area (Å²) in [7, 11) is 0. The molecule has 23 heavy (non-hydrogen) atoms. The quantitative estimate of drug-likeness (QED) is 0.520. The lowest BCUT2D eigenvalue weighted by Gasteiger charge is -2.06. The molecule has 0 heterocycles. The van der Waals surface area contributed by atoms with Crippen molar-refractivity contribution in [2.75, 3.05) is 5.32 Å². The summed E-state index contributed by atoms with van der Waals surface area (Å²) in [5.74, 6) is -0.712. The van der Waals surface area contributed by atoms with Crippen molar-refractivity contribution < 1.29 is 19.2 Å². The minimum Gasteiger partial charge on any atom is -0.457 e. The summed E-state index contributed by atoms with van der Waals surface area (Å²) < 4.78 is 5.14. The largest absolute Gasteiger partial charge is 0.457 e. The monoisotopic (exact) mass is 314 g/mol. The van der Waals surface area contributed by atoms with E-state index in [0.717, 1.165) is 0 Å². The summed E-state index contributed by atoms with van der Waals surface area (Å²) in [5.41, 5.74) is 1.57. The number of nitrogens with zero attached hydrogens (tertiary/aromatic N) is 1. The van der Waals surface area contributed by atoms with E-state index in [2.05, 4.69) is 5.32 Å². The van der Waals surface area contributed by atoms with Crippen molar-refractivity contribution >= 4 is 23.3 Å². The minimum absolute atomic E-state index is 0.0181. The van der Waals surface area contributed by atoms with Crippen LogP contribution in [0.4, 0.5) is 11.4 Å². The maximum Gasteiger partial charge on any atom is 0.338 e. The van der Waals surface area contributed by atoms with Gasteiger partial charge in [0.05, 0.1) is 10.5 Å². The van der Waals surface area contributed by atoms with Gasteiger partial charge >= 0.3 is 5.97 Å². The van der Waals surface area contributed by atoms with Crippen LogP contribution in [0.2, 0.25) is 0 Å². The Hall–Kier alpha value is -3.22. The van der Waals surface area contributed by atoms with Crippen molar-refractivity contribution in [1.29, 1.82) is 0 Å². The number of benzene rings is 2. The second-order valence-corrected chi connectivity index (χ2v) is 4.76. The molecule has 0 aliphatic heterocycles. The van der Waals surface area contributed by atoms with Crippen LogP contribution in [0, 0.1) is 10.1 Å². The van der Waals surface area contributed by atoms with Crippen LogP contribution in [0.3, 0.4) is 0 Å². The SMILES string of the molecule is CC(=O)Nc1ccc(C(=O)OCc2ccc([N+](=O)[O-])cc2)cc1. The van der Waals surface area contributed by atoms with Crippen LogP contribution in [-0.2, 0) is 16.1 Å². The maximum absolute atomic E-state index is 11.9. The van der Waals surface area contributed by atoms with Crippen LogP contribution < -0.4 is 5.32 Å². The average molecular weight is 314 g/mol. The number of esters is 1. The van der Waals surface area contributed by atoms with Crippen molar-refractivity contribution in [3.63, 3.8) is 0 Å². The molecular formula is C16H14N2O5. The Balaban J connectivity index is 1.93. The zero-order valence-electron chi connectivity index (χ0n) is 12.3. The Labute approximate surface area is 132 Å². The van der Waals surface area contributed by atoms with Gasteiger partial charge in [0.1, 0.15) is 6.61 Å². The number of hydrogen-bond acceptors (Lipinski definition) is 5. The zero-order chi connectivity index (χ0) is 16.8. The van der Waals surface area contributed by atoms with E-state index in [0.29, 0.717) is 16.8 Å². The summed E-state index contributed by atoms with van der Waals surface area (Å²) >= 11 is 0. The topological polar surface area (TPSA) is 98.5 Å². The molecule has 7 nitrogen and oxygen atoms in total. The first-order chi connectivity index (χ1) is 11.0. The number of nitro groups is 1. The van der Waals surface area contributed by atoms with Crippen molar-refractivity contribution in [2.24, 2.45) is 0 Å². The molecule has 0 saturated heterocycles. The average Bonchev–Trinajstić information content (AvgIpc) is 2.53. The third-order valence-corrected chi connectivity index (χ3v) is 2.96. The molecule has 2 aromatic carbocycles. The van der Waals surface area contributed by atoms with E-state index in [1.54, 1.807) is 24.3 Å². The highest BCUT2D eigenvalue weighted by atomic mass is 16.6. The van der Waals surface area contributed by atoms with Gasteiger partial charge in [-0.05, 0) is 42.0 Å². The summed E-state index contributed by atoms with van der Waals surface area (Å²) in [5, 5.41) is 13.1. The van der Waals surface area contributed by atoms with Gasteiger partial charge in [0, 0.05) is 24.7 Å². The fraction of sp³-hybridized carbons (Fsp3) is 0.125. The number of rotatable bonds is 5. The van der Waals surface area contributed by atoms with Gasteiger partial charge in [-0.1, -0.05) is 0 Å². The molecule has 2 aromatic rings. The fourth-order valence-electron chi connectivity index (χ4n) is 1.84. The summed E-state index contributed by atoms with van der Waals surface area (Å²) in [6.45, 7) is 1.41. The first kappa shape index (κ1) is 16.2. The number of amides is 1. The Morgan fingerprint density at radius 2 is 1.70 bits per heavy atom. The highest BCUT2D eigenvalue weighted by molar-refractivity contribution is 5.92. The van der Waals surface area contributed by atoms with E-state index in [1.165, 1.54) is 31.2 Å². The number of anilines is 1. The molecule has 0 bridgehead atoms. The van der Waals surface area contributed by atoms with Crippen LogP contribution in [0.5, 0.6) is 0 Å². The van der Waals surface area contributed by atoms with E-state index < -0.39 is 10.9 Å². The highest BCUT2D eigenvalue weighted by Crippen LogP contribution is 2.14. The first-order valence-electron chi connectivity index (χ1n) is 6.74. The molecule has 0 aliphatic rings. The number of nitro benzene ring substituents is 1. The van der Waals surface area contributed by atoms with Crippen molar-refractivity contribution in [3.8, 4) is 0 Å². The molecule has 0 spiro atoms. The Morgan fingerprint density at radius 1 is 1.09 bits per heavy atom. The van der Waals surface area contributed by atoms with Gasteiger partial charge in [-0.3, -0.25) is 14.9 Å². The lowest BCUT2D eigenvalue weighted by Crippen LogP contribution is -2.07. The molecular weight excluding hydrogens is 300 g/mol. The maximum atomic E-state index is 11.9. The number of hydrogen-bond donors (Lipinski definition) is 1. The smallest absolute Gasteiger partial charge is 0.338 e. The van der Waals surface area contributed by atoms with E-state index >= 15 is 0 Å². The molecule has 0 unspecified atom stereocenters. The molecule has 0 radical (unpaired) electrons. The van der Waals surface area contributed by atoms with Crippen LogP contribution in [-0.4, -0.2) is 16.8 Å². The molecule has 1 amide bonds. The lowest BCUT2D eigenvalue weighted by molar-refractivity contribution is -0.384. The number of nitrogens with one attached hydrogen (secondary N) is 1. The number of carbonyl (C=O) groups is 2. The summed E-state index contributed by atoms with van der Waals surface area (Å²) in [4.78, 5) is 32.9. The molecule has 0 atom stereocenters. The van der Waals surface area contributed by atoms with Gasteiger partial charge in [-0.2, -0.15) is 0 Å². The van der Waals surface area contributed by atoms with Gasteiger partial charge in [-0.25, -0.2) is 4.79 Å². The standard InChI is InChI=1S/C16H14N2O5/c1-11(19)17-14-6-4-13(5-7-14)16(20)23-10-12-2-8-15(9-3-12)18(21)22/h2-9H,10H2,1H3,(H,17,19). The van der Waals surface area contributed by atoms with E-state index in [9.17, 15) is 19.7 Å². The first-order valence-corrected chi connectivity index (χ1v) is 6.74. The summed E-state index contributed by atoms with van der Waals surface area (Å²) in [6.07, 6.45) is 0. The van der Waals surface area contributed by atoms with Crippen molar-refractivity contribution in [2.45, 2.75) is 13.5 Å². The van der Waals surface area contributed by atoms with Crippen molar-refractivity contribution in [3.05, 3.63) is 69.8 Å². The van der Waals surface area contributed by atoms with Gasteiger partial charge in [0.25, 0.3) is 5.69 Å². The fourth-order valence-corrected chi connectivity index (χ4v) is 1.84. The lowest BCUT2D eigenvalue weighted by atomic mass is 10.2. The molecule has 0 fully saturated rings. The Morgan fingerprint density at radius 3 is 2.22 bits per heavy atom. The van der Waals surface area contributed by atoms with Crippen LogP contribution in [0.25, 0.3) is 0 Å². The van der Waals surface area contributed by atoms with Crippen molar-refractivity contribution in [1.82, 2.24) is 0 Å². The third-order valence-electron chi connectivity index (χ3n) is 2.96. The highest BCUT2D eigenvalue weighted by Gasteiger charge is 2.09. The predicted octanol–water partition coefficient (Wildman–Crippen LogP) is 2.91. The van der Waals surface area contributed by atoms with Gasteiger partial charge < -0.3 is 10.1 Å². The van der Waals surface area contributed by atoms with E-state index in [1.807, 2.05) is 0 Å². The predicted molar refractivity (Wildman–Crippen MR) is 83.0 cm³/mol. The molecule has 118 valence electrons. The third kappa shape index (κ3) is 4.63. The van der Waals surface area contributed by atoms with E-state index in [4.69, 9.17) is 4.74 Å². The van der Waals surface area contributed by atoms with Crippen LogP contribution >= 0.6 is 0 Å². The molecule has 7 heteroatoms. The molecule has 2 rings (SSSR count).